The highest BCUT2D eigenvalue weighted by Gasteiger charge is 2.17. The van der Waals surface area contributed by atoms with E-state index in [-0.39, 0.29) is 11.8 Å². The average Bonchev–Trinajstić information content (AvgIpc) is 2.52. The van der Waals surface area contributed by atoms with Gasteiger partial charge in [-0.15, -0.1) is 0 Å². The van der Waals surface area contributed by atoms with Gasteiger partial charge in [0.25, 0.3) is 0 Å². The molecular weight excluding hydrogens is 342 g/mol. The van der Waals surface area contributed by atoms with Crippen LogP contribution >= 0.6 is 0 Å². The number of hydrogen-bond acceptors (Lipinski definition) is 6. The third kappa shape index (κ3) is 17.1. The fourth-order valence-corrected chi connectivity index (χ4v) is 1.39. The Bertz CT molecular complexity index is 415. The van der Waals surface area contributed by atoms with Crippen molar-refractivity contribution in [2.75, 3.05) is 0 Å². The van der Waals surface area contributed by atoms with Crippen LogP contribution in [-0.4, -0.2) is 51.4 Å². The van der Waals surface area contributed by atoms with Crippen LogP contribution in [0.25, 0.3) is 0 Å². The molecule has 26 heavy (non-hydrogen) atoms. The number of aliphatic carboxylic acids is 3. The average molecular weight is 379 g/mol. The van der Waals surface area contributed by atoms with Gasteiger partial charge in [-0.25, -0.2) is 0 Å². The lowest BCUT2D eigenvalue weighted by Crippen LogP contribution is -2.36. The summed E-state index contributed by atoms with van der Waals surface area (Å²) in [5.41, 5.74) is 15.6. The molecule has 0 aliphatic carbocycles. The minimum absolute atomic E-state index is 0.0208. The van der Waals surface area contributed by atoms with Gasteiger partial charge in [-0.1, -0.05) is 48.0 Å². The molecule has 9 nitrogen and oxygen atoms in total. The zero-order valence-electron chi connectivity index (χ0n) is 16.7. The minimum Gasteiger partial charge on any atom is -0.480 e. The Balaban J connectivity index is -0.000000306. The highest BCUT2D eigenvalue weighted by Crippen LogP contribution is 2.04. The fourth-order valence-electron chi connectivity index (χ4n) is 1.39. The first-order valence-corrected chi connectivity index (χ1v) is 8.63. The number of hydrogen-bond donors (Lipinski definition) is 6. The van der Waals surface area contributed by atoms with Gasteiger partial charge in [-0.3, -0.25) is 14.4 Å². The SMILES string of the molecule is CC(C)C(N)C(=O)O.CC(C)CC(N)C(=O)O.CC[C@H](C)[C@H](N)C(=O)O. The van der Waals surface area contributed by atoms with E-state index in [0.29, 0.717) is 12.3 Å². The summed E-state index contributed by atoms with van der Waals surface area (Å²) in [4.78, 5) is 30.3. The van der Waals surface area contributed by atoms with E-state index in [9.17, 15) is 14.4 Å². The van der Waals surface area contributed by atoms with Gasteiger partial charge in [0, 0.05) is 0 Å². The molecule has 156 valence electrons. The van der Waals surface area contributed by atoms with Crippen molar-refractivity contribution in [3.8, 4) is 0 Å². The molecule has 0 bridgehead atoms. The third-order valence-corrected chi connectivity index (χ3v) is 3.59. The molecule has 9 N–H and O–H groups in total. The standard InChI is InChI=1S/2C6H13NO2.C5H11NO2/c1-4(2)3-5(7)6(8)9;1-3-4(2)5(7)6(8)9;1-3(2)4(6)5(7)8/h2*4-5H,3,7H2,1-2H3,(H,8,9);3-4H,6H2,1-2H3,(H,7,8)/t;4-,5-;/m.0./s1. The Kier molecular flexibility index (Phi) is 17.4. The van der Waals surface area contributed by atoms with E-state index in [1.165, 1.54) is 0 Å². The lowest BCUT2D eigenvalue weighted by atomic mass is 10.0. The van der Waals surface area contributed by atoms with Crippen LogP contribution in [0.2, 0.25) is 0 Å². The molecule has 0 aromatic rings. The second-order valence-electron chi connectivity index (χ2n) is 6.93. The van der Waals surface area contributed by atoms with Gasteiger partial charge in [0.05, 0.1) is 0 Å². The Labute approximate surface area is 155 Å². The number of carboxylic acid groups (broad SMARTS) is 3. The summed E-state index contributed by atoms with van der Waals surface area (Å²) in [6.45, 7) is 11.2. The van der Waals surface area contributed by atoms with E-state index in [0.717, 1.165) is 6.42 Å². The molecule has 0 radical (unpaired) electrons. The van der Waals surface area contributed by atoms with E-state index in [1.54, 1.807) is 13.8 Å². The van der Waals surface area contributed by atoms with Crippen LogP contribution in [0.4, 0.5) is 0 Å². The van der Waals surface area contributed by atoms with Crippen molar-refractivity contribution >= 4 is 17.9 Å². The molecule has 4 atom stereocenters. The maximum Gasteiger partial charge on any atom is 0.320 e. The summed E-state index contributed by atoms with van der Waals surface area (Å²) >= 11 is 0. The smallest absolute Gasteiger partial charge is 0.320 e. The minimum atomic E-state index is -0.931. The molecule has 0 heterocycles. The van der Waals surface area contributed by atoms with E-state index in [1.807, 2.05) is 27.7 Å². The van der Waals surface area contributed by atoms with Crippen LogP contribution in [0.15, 0.2) is 0 Å². The zero-order valence-corrected chi connectivity index (χ0v) is 16.7. The van der Waals surface area contributed by atoms with Crippen molar-refractivity contribution in [2.24, 2.45) is 35.0 Å². The molecule has 0 aliphatic rings. The van der Waals surface area contributed by atoms with Crippen LogP contribution < -0.4 is 17.2 Å². The van der Waals surface area contributed by atoms with E-state index in [4.69, 9.17) is 32.5 Å². The quantitative estimate of drug-likeness (QED) is 0.356. The molecule has 0 saturated carbocycles. The Hall–Kier alpha value is -1.71. The summed E-state index contributed by atoms with van der Waals surface area (Å²) in [5.74, 6) is -2.31. The van der Waals surface area contributed by atoms with Gasteiger partial charge in [0.2, 0.25) is 0 Å². The molecular formula is C17H37N3O6. The first kappa shape index (κ1) is 29.1. The maximum absolute atomic E-state index is 10.2. The van der Waals surface area contributed by atoms with E-state index >= 15 is 0 Å². The summed E-state index contributed by atoms with van der Waals surface area (Å²) in [5, 5.41) is 24.9. The lowest BCUT2D eigenvalue weighted by molar-refractivity contribution is -0.140. The van der Waals surface area contributed by atoms with Gasteiger partial charge in [-0.05, 0) is 24.2 Å². The van der Waals surface area contributed by atoms with Crippen LogP contribution in [0.3, 0.4) is 0 Å². The number of carboxylic acids is 3. The van der Waals surface area contributed by atoms with Crippen molar-refractivity contribution in [3.63, 3.8) is 0 Å². The predicted molar refractivity (Wildman–Crippen MR) is 101 cm³/mol. The van der Waals surface area contributed by atoms with Gasteiger partial charge >= 0.3 is 17.9 Å². The molecule has 0 spiro atoms. The van der Waals surface area contributed by atoms with Crippen molar-refractivity contribution in [3.05, 3.63) is 0 Å². The number of carbonyl (C=O) groups is 3. The van der Waals surface area contributed by atoms with Gasteiger partial charge in [0.1, 0.15) is 18.1 Å². The van der Waals surface area contributed by atoms with Crippen molar-refractivity contribution in [1.82, 2.24) is 0 Å². The molecule has 0 fully saturated rings. The van der Waals surface area contributed by atoms with Gasteiger partial charge < -0.3 is 32.5 Å². The van der Waals surface area contributed by atoms with Gasteiger partial charge in [-0.2, -0.15) is 0 Å². The van der Waals surface area contributed by atoms with Crippen molar-refractivity contribution in [2.45, 2.75) is 72.5 Å². The monoisotopic (exact) mass is 379 g/mol. The highest BCUT2D eigenvalue weighted by molar-refractivity contribution is 5.73. The molecule has 9 heteroatoms. The Morgan fingerprint density at radius 1 is 0.769 bits per heavy atom. The van der Waals surface area contributed by atoms with Crippen molar-refractivity contribution < 1.29 is 29.7 Å². The summed E-state index contributed by atoms with van der Waals surface area (Å²) < 4.78 is 0. The molecule has 0 amide bonds. The lowest BCUT2D eigenvalue weighted by Gasteiger charge is -2.11. The maximum atomic E-state index is 10.2. The first-order valence-electron chi connectivity index (χ1n) is 8.63. The largest absolute Gasteiger partial charge is 0.480 e. The second-order valence-corrected chi connectivity index (χ2v) is 6.93. The molecule has 0 aromatic heterocycles. The molecule has 0 saturated heterocycles. The van der Waals surface area contributed by atoms with E-state index in [2.05, 4.69) is 0 Å². The molecule has 2 unspecified atom stereocenters. The zero-order chi connectivity index (χ0) is 21.6. The fraction of sp³-hybridized carbons (Fsp3) is 0.824. The van der Waals surface area contributed by atoms with Gasteiger partial charge in [0.15, 0.2) is 0 Å². The van der Waals surface area contributed by atoms with E-state index < -0.39 is 36.0 Å². The molecule has 0 rings (SSSR count). The Morgan fingerprint density at radius 3 is 1.23 bits per heavy atom. The third-order valence-electron chi connectivity index (χ3n) is 3.59. The normalized spacial score (nSPS) is 14.9. The van der Waals surface area contributed by atoms with Crippen LogP contribution in [0.5, 0.6) is 0 Å². The summed E-state index contributed by atoms with van der Waals surface area (Å²) in [6, 6.07) is -2.10. The summed E-state index contributed by atoms with van der Waals surface area (Å²) in [7, 11) is 0. The predicted octanol–water partition coefficient (Wildman–Crippen LogP) is 0.943. The Morgan fingerprint density at radius 2 is 1.15 bits per heavy atom. The number of nitrogens with two attached hydrogens (primary N) is 3. The van der Waals surface area contributed by atoms with Crippen LogP contribution in [0.1, 0.15) is 54.4 Å². The highest BCUT2D eigenvalue weighted by atomic mass is 16.4. The van der Waals surface area contributed by atoms with Crippen LogP contribution in [-0.2, 0) is 14.4 Å². The molecule has 0 aromatic carbocycles. The topological polar surface area (TPSA) is 190 Å². The second kappa shape index (κ2) is 15.5. The summed E-state index contributed by atoms with van der Waals surface area (Å²) in [6.07, 6.45) is 1.36. The number of rotatable bonds is 8. The van der Waals surface area contributed by atoms with Crippen LogP contribution in [0, 0.1) is 17.8 Å². The first-order chi connectivity index (χ1) is 11.7. The molecule has 0 aliphatic heterocycles. The van der Waals surface area contributed by atoms with Crippen molar-refractivity contribution in [1.29, 1.82) is 0 Å².